The molecule has 30 heavy (non-hydrogen) atoms. The van der Waals surface area contributed by atoms with Crippen molar-refractivity contribution in [2.45, 2.75) is 66.4 Å². The summed E-state index contributed by atoms with van der Waals surface area (Å²) in [5.41, 5.74) is 1.68. The van der Waals surface area contributed by atoms with E-state index in [2.05, 4.69) is 37.5 Å². The number of unbranched alkanes of at least 4 members (excludes halogenated alkanes) is 2. The average molecular weight is 421 g/mol. The topological polar surface area (TPSA) is 42.0 Å². The Morgan fingerprint density at radius 2 is 1.37 bits per heavy atom. The van der Waals surface area contributed by atoms with Crippen molar-refractivity contribution in [3.8, 4) is 0 Å². The molecule has 5 heteroatoms. The summed E-state index contributed by atoms with van der Waals surface area (Å²) in [5.74, 6) is -0.238. The first-order chi connectivity index (χ1) is 14.6. The van der Waals surface area contributed by atoms with Gasteiger partial charge in [0.25, 0.3) is 0 Å². The Hall–Kier alpha value is -1.43. The van der Waals surface area contributed by atoms with Crippen LogP contribution in [0, 0.1) is 0 Å². The minimum Gasteiger partial charge on any atom is -0.462 e. The van der Waals surface area contributed by atoms with E-state index in [0.717, 1.165) is 57.9 Å². The number of carbonyl (C=O) groups excluding carboxylic acids is 1. The highest BCUT2D eigenvalue weighted by Crippen LogP contribution is 2.08. The predicted octanol–water partition coefficient (Wildman–Crippen LogP) is 4.99. The number of likely N-dealkylation sites (N-methyl/N-ethyl adjacent to an activating group) is 1. The highest BCUT2D eigenvalue weighted by molar-refractivity contribution is 5.89. The van der Waals surface area contributed by atoms with Crippen LogP contribution in [0.4, 0.5) is 0 Å². The lowest BCUT2D eigenvalue weighted by Gasteiger charge is -2.21. The quantitative estimate of drug-likeness (QED) is 0.247. The maximum Gasteiger partial charge on any atom is 0.338 e. The number of ether oxygens (including phenoxy) is 2. The van der Waals surface area contributed by atoms with Gasteiger partial charge in [0.1, 0.15) is 0 Å². The number of hydrogen-bond donors (Lipinski definition) is 0. The van der Waals surface area contributed by atoms with E-state index in [0.29, 0.717) is 18.8 Å². The van der Waals surface area contributed by atoms with Gasteiger partial charge < -0.3 is 19.3 Å². The minimum absolute atomic E-state index is 0.238. The largest absolute Gasteiger partial charge is 0.462 e. The van der Waals surface area contributed by atoms with Crippen molar-refractivity contribution >= 4 is 5.97 Å². The fourth-order valence-electron chi connectivity index (χ4n) is 3.30. The van der Waals surface area contributed by atoms with Crippen LogP contribution in [-0.4, -0.2) is 68.3 Å². The number of esters is 1. The van der Waals surface area contributed by atoms with Crippen molar-refractivity contribution in [2.24, 2.45) is 0 Å². The van der Waals surface area contributed by atoms with E-state index < -0.39 is 0 Å². The molecule has 0 N–H and O–H groups in total. The van der Waals surface area contributed by atoms with Crippen LogP contribution in [-0.2, 0) is 16.1 Å². The van der Waals surface area contributed by atoms with Crippen LogP contribution >= 0.6 is 0 Å². The molecule has 0 atom stereocenters. The molecule has 0 spiro atoms. The summed E-state index contributed by atoms with van der Waals surface area (Å²) in [6.07, 6.45) is 5.78. The molecule has 0 saturated carbocycles. The van der Waals surface area contributed by atoms with E-state index in [-0.39, 0.29) is 5.97 Å². The molecule has 5 nitrogen and oxygen atoms in total. The molecule has 0 saturated heterocycles. The Labute approximate surface area is 184 Å². The summed E-state index contributed by atoms with van der Waals surface area (Å²) in [6.45, 7) is 16.9. The van der Waals surface area contributed by atoms with Crippen LogP contribution in [0.3, 0.4) is 0 Å². The van der Waals surface area contributed by atoms with Crippen molar-refractivity contribution in [1.29, 1.82) is 0 Å². The summed E-state index contributed by atoms with van der Waals surface area (Å²) in [4.78, 5) is 17.1. The molecule has 0 fully saturated rings. The second kappa shape index (κ2) is 17.3. The van der Waals surface area contributed by atoms with E-state index in [9.17, 15) is 4.79 Å². The number of hydrogen-bond acceptors (Lipinski definition) is 5. The van der Waals surface area contributed by atoms with Crippen LogP contribution in [0.2, 0.25) is 0 Å². The van der Waals surface area contributed by atoms with Crippen molar-refractivity contribution in [2.75, 3.05) is 52.5 Å². The van der Waals surface area contributed by atoms with Crippen molar-refractivity contribution in [1.82, 2.24) is 9.80 Å². The van der Waals surface area contributed by atoms with E-state index >= 15 is 0 Å². The van der Waals surface area contributed by atoms with E-state index in [1.807, 2.05) is 24.3 Å². The van der Waals surface area contributed by atoms with Crippen LogP contribution in [0.1, 0.15) is 75.7 Å². The Morgan fingerprint density at radius 3 is 1.93 bits per heavy atom. The molecule has 1 rings (SSSR count). The highest BCUT2D eigenvalue weighted by Gasteiger charge is 2.09. The van der Waals surface area contributed by atoms with Crippen LogP contribution in [0.5, 0.6) is 0 Å². The molecule has 0 amide bonds. The number of benzene rings is 1. The van der Waals surface area contributed by atoms with Gasteiger partial charge in [-0.15, -0.1) is 0 Å². The molecule has 0 bridgehead atoms. The van der Waals surface area contributed by atoms with E-state index in [4.69, 9.17) is 9.47 Å². The van der Waals surface area contributed by atoms with Gasteiger partial charge in [0, 0.05) is 13.1 Å². The first-order valence-corrected chi connectivity index (χ1v) is 11.9. The molecular weight excluding hydrogens is 376 g/mol. The first kappa shape index (κ1) is 26.6. The van der Waals surface area contributed by atoms with E-state index in [1.54, 1.807) is 0 Å². The maximum absolute atomic E-state index is 12.3. The molecular formula is C25H44N2O3. The maximum atomic E-state index is 12.3. The van der Waals surface area contributed by atoms with Gasteiger partial charge in [-0.2, -0.15) is 0 Å². The second-order valence-electron chi connectivity index (χ2n) is 7.81. The van der Waals surface area contributed by atoms with Crippen LogP contribution < -0.4 is 0 Å². The standard InChI is InChI=1S/C25H44N2O3/c1-5-9-16-27(17-10-6-2)18-11-20-30-25(28)24-14-12-23(13-15-24)22-29-21-19-26(7-3)8-4/h12-15H,5-11,16-22H2,1-4H3. The summed E-state index contributed by atoms with van der Waals surface area (Å²) in [5, 5.41) is 0. The Balaban J connectivity index is 2.28. The van der Waals surface area contributed by atoms with Gasteiger partial charge in [-0.25, -0.2) is 4.79 Å². The number of carbonyl (C=O) groups is 1. The first-order valence-electron chi connectivity index (χ1n) is 11.9. The molecule has 0 heterocycles. The average Bonchev–Trinajstić information content (AvgIpc) is 2.78. The van der Waals surface area contributed by atoms with Crippen LogP contribution in [0.15, 0.2) is 24.3 Å². The molecule has 0 aliphatic rings. The van der Waals surface area contributed by atoms with Gasteiger partial charge in [0.05, 0.1) is 25.4 Å². The number of nitrogens with zero attached hydrogens (tertiary/aromatic N) is 2. The summed E-state index contributed by atoms with van der Waals surface area (Å²) < 4.78 is 11.2. The third-order valence-electron chi connectivity index (χ3n) is 5.41. The minimum atomic E-state index is -0.238. The van der Waals surface area contributed by atoms with Gasteiger partial charge in [-0.1, -0.05) is 52.7 Å². The summed E-state index contributed by atoms with van der Waals surface area (Å²) in [7, 11) is 0. The van der Waals surface area contributed by atoms with Crippen LogP contribution in [0.25, 0.3) is 0 Å². The molecule has 1 aromatic carbocycles. The second-order valence-corrected chi connectivity index (χ2v) is 7.81. The zero-order chi connectivity index (χ0) is 22.0. The molecule has 0 aliphatic carbocycles. The molecule has 172 valence electrons. The lowest BCUT2D eigenvalue weighted by molar-refractivity contribution is 0.0487. The monoisotopic (exact) mass is 420 g/mol. The lowest BCUT2D eigenvalue weighted by atomic mass is 10.1. The molecule has 0 unspecified atom stereocenters. The smallest absolute Gasteiger partial charge is 0.338 e. The molecule has 0 aromatic heterocycles. The molecule has 0 aliphatic heterocycles. The fraction of sp³-hybridized carbons (Fsp3) is 0.720. The van der Waals surface area contributed by atoms with Gasteiger partial charge in [-0.3, -0.25) is 0 Å². The normalized spacial score (nSPS) is 11.4. The third-order valence-corrected chi connectivity index (χ3v) is 5.41. The summed E-state index contributed by atoms with van der Waals surface area (Å²) >= 11 is 0. The highest BCUT2D eigenvalue weighted by atomic mass is 16.5. The molecule has 0 radical (unpaired) electrons. The Kier molecular flexibility index (Phi) is 15.3. The van der Waals surface area contributed by atoms with Crippen molar-refractivity contribution in [3.63, 3.8) is 0 Å². The van der Waals surface area contributed by atoms with Gasteiger partial charge >= 0.3 is 5.97 Å². The molecule has 1 aromatic rings. The predicted molar refractivity (Wildman–Crippen MR) is 125 cm³/mol. The van der Waals surface area contributed by atoms with Crippen molar-refractivity contribution in [3.05, 3.63) is 35.4 Å². The van der Waals surface area contributed by atoms with E-state index in [1.165, 1.54) is 25.7 Å². The fourth-order valence-corrected chi connectivity index (χ4v) is 3.30. The Morgan fingerprint density at radius 1 is 0.767 bits per heavy atom. The zero-order valence-electron chi connectivity index (χ0n) is 19.8. The van der Waals surface area contributed by atoms with Gasteiger partial charge in [-0.05, 0) is 63.1 Å². The zero-order valence-corrected chi connectivity index (χ0v) is 19.8. The third kappa shape index (κ3) is 11.7. The summed E-state index contributed by atoms with van der Waals surface area (Å²) in [6, 6.07) is 7.57. The van der Waals surface area contributed by atoms with Gasteiger partial charge in [0.2, 0.25) is 0 Å². The number of rotatable bonds is 18. The SMILES string of the molecule is CCCCN(CCCC)CCCOC(=O)c1ccc(COCCN(CC)CC)cc1. The Bertz CT molecular complexity index is 536. The lowest BCUT2D eigenvalue weighted by Crippen LogP contribution is -2.28. The van der Waals surface area contributed by atoms with Gasteiger partial charge in [0.15, 0.2) is 0 Å². The van der Waals surface area contributed by atoms with Crippen molar-refractivity contribution < 1.29 is 14.3 Å².